The summed E-state index contributed by atoms with van der Waals surface area (Å²) in [4.78, 5) is 63.6. The van der Waals surface area contributed by atoms with Crippen molar-refractivity contribution in [3.63, 3.8) is 0 Å². The van der Waals surface area contributed by atoms with E-state index in [0.717, 1.165) is 24.8 Å². The minimum atomic E-state index is -0.927. The van der Waals surface area contributed by atoms with Crippen LogP contribution in [0.4, 0.5) is 0 Å². The van der Waals surface area contributed by atoms with E-state index in [0.29, 0.717) is 11.1 Å². The minimum absolute atomic E-state index is 0.137. The Hall–Kier alpha value is -3.03. The molecule has 0 bridgehead atoms. The van der Waals surface area contributed by atoms with Gasteiger partial charge in [-0.25, -0.2) is 0 Å². The molecule has 2 heterocycles. The maximum absolute atomic E-state index is 13.1. The van der Waals surface area contributed by atoms with Gasteiger partial charge in [0, 0.05) is 12.3 Å². The molecule has 0 aromatic heterocycles. The van der Waals surface area contributed by atoms with Crippen LogP contribution in [0.1, 0.15) is 151 Å². The van der Waals surface area contributed by atoms with Gasteiger partial charge in [-0.1, -0.05) is 127 Å². The Kier molecular flexibility index (Phi) is 13.6. The second kappa shape index (κ2) is 17.6. The Balaban J connectivity index is 1.19. The molecule has 5 atom stereocenters. The van der Waals surface area contributed by atoms with Gasteiger partial charge in [0.15, 0.2) is 0 Å². The van der Waals surface area contributed by atoms with E-state index in [-0.39, 0.29) is 19.4 Å². The number of benzene rings is 1. The highest BCUT2D eigenvalue weighted by Crippen LogP contribution is 2.55. The monoisotopic (exact) mass is 624 g/mol. The highest BCUT2D eigenvalue weighted by Gasteiger charge is 2.59. The van der Waals surface area contributed by atoms with E-state index in [4.69, 9.17) is 14.2 Å². The number of fused-ring (bicyclic) bond motifs is 3. The predicted molar refractivity (Wildman–Crippen MR) is 169 cm³/mol. The third-order valence-electron chi connectivity index (χ3n) is 9.95. The molecule has 1 aromatic carbocycles. The van der Waals surface area contributed by atoms with E-state index in [1.165, 1.54) is 83.5 Å². The van der Waals surface area contributed by atoms with Crippen LogP contribution in [0.3, 0.4) is 0 Å². The Morgan fingerprint density at radius 1 is 0.711 bits per heavy atom. The molecule has 0 N–H and O–H groups in total. The van der Waals surface area contributed by atoms with E-state index < -0.39 is 59.4 Å². The van der Waals surface area contributed by atoms with Crippen molar-refractivity contribution in [3.05, 3.63) is 34.9 Å². The molecule has 2 fully saturated rings. The fourth-order valence-electron chi connectivity index (χ4n) is 7.60. The first-order chi connectivity index (χ1) is 21.8. The highest BCUT2D eigenvalue weighted by atomic mass is 16.6. The molecule has 248 valence electrons. The summed E-state index contributed by atoms with van der Waals surface area (Å²) in [6, 6.07) is 5.52. The number of rotatable bonds is 20. The van der Waals surface area contributed by atoms with Crippen molar-refractivity contribution in [2.45, 2.75) is 141 Å². The zero-order valence-corrected chi connectivity index (χ0v) is 27.3. The van der Waals surface area contributed by atoms with Crippen LogP contribution in [0, 0.1) is 24.7 Å². The molecule has 8 heteroatoms. The molecule has 3 aliphatic rings. The van der Waals surface area contributed by atoms with E-state index in [1.54, 1.807) is 0 Å². The topological polar surface area (TPSA) is 113 Å². The van der Waals surface area contributed by atoms with Crippen molar-refractivity contribution in [1.82, 2.24) is 0 Å². The SMILES string of the molecule is CCCCCCCCCCCCCCCCCCOC(=O)CC1C2C(=O)OC(=O)C2c2cc(C)ccc2C1C1CC(=O)OC1=O. The predicted octanol–water partition coefficient (Wildman–Crippen LogP) is 7.78. The molecule has 0 saturated carbocycles. The first-order valence-electron chi connectivity index (χ1n) is 17.6. The fourth-order valence-corrected chi connectivity index (χ4v) is 7.60. The lowest BCUT2D eigenvalue weighted by molar-refractivity contribution is -0.157. The molecule has 0 radical (unpaired) electrons. The second-order valence-corrected chi connectivity index (χ2v) is 13.4. The molecular formula is C37H52O8. The van der Waals surface area contributed by atoms with Crippen LogP contribution in [-0.2, 0) is 38.2 Å². The summed E-state index contributed by atoms with van der Waals surface area (Å²) in [7, 11) is 0. The van der Waals surface area contributed by atoms with Crippen LogP contribution < -0.4 is 0 Å². The fraction of sp³-hybridized carbons (Fsp3) is 0.703. The maximum Gasteiger partial charge on any atom is 0.321 e. The van der Waals surface area contributed by atoms with Gasteiger partial charge in [-0.3, -0.25) is 24.0 Å². The smallest absolute Gasteiger partial charge is 0.321 e. The molecular weight excluding hydrogens is 572 g/mol. The van der Waals surface area contributed by atoms with Crippen molar-refractivity contribution in [2.24, 2.45) is 17.8 Å². The Bertz CT molecular complexity index is 1190. The van der Waals surface area contributed by atoms with Crippen LogP contribution >= 0.6 is 0 Å². The summed E-state index contributed by atoms with van der Waals surface area (Å²) >= 11 is 0. The third-order valence-corrected chi connectivity index (χ3v) is 9.95. The molecule has 8 nitrogen and oxygen atoms in total. The first kappa shape index (κ1) is 34.8. The van der Waals surface area contributed by atoms with Crippen LogP contribution in [0.2, 0.25) is 0 Å². The average Bonchev–Trinajstić information content (AvgIpc) is 3.50. The number of ether oxygens (including phenoxy) is 3. The number of cyclic esters (lactones) is 4. The van der Waals surface area contributed by atoms with Gasteiger partial charge in [0.05, 0.1) is 30.8 Å². The summed E-state index contributed by atoms with van der Waals surface area (Å²) in [5.74, 6) is -7.13. The lowest BCUT2D eigenvalue weighted by Crippen LogP contribution is -2.40. The quantitative estimate of drug-likeness (QED) is 0.0626. The number of carbonyl (C=O) groups is 5. The number of unbranched alkanes of at least 4 members (excludes halogenated alkanes) is 15. The first-order valence-corrected chi connectivity index (χ1v) is 17.6. The molecule has 1 aromatic rings. The van der Waals surface area contributed by atoms with Crippen molar-refractivity contribution < 1.29 is 38.2 Å². The van der Waals surface area contributed by atoms with E-state index >= 15 is 0 Å². The molecule has 2 saturated heterocycles. The summed E-state index contributed by atoms with van der Waals surface area (Å²) < 4.78 is 15.5. The van der Waals surface area contributed by atoms with Gasteiger partial charge >= 0.3 is 29.8 Å². The van der Waals surface area contributed by atoms with Crippen LogP contribution in [0.15, 0.2) is 18.2 Å². The van der Waals surface area contributed by atoms with Gasteiger partial charge in [0.2, 0.25) is 0 Å². The molecule has 1 aliphatic carbocycles. The van der Waals surface area contributed by atoms with Crippen LogP contribution in [0.25, 0.3) is 0 Å². The zero-order valence-electron chi connectivity index (χ0n) is 27.3. The number of esters is 5. The van der Waals surface area contributed by atoms with Crippen molar-refractivity contribution in [1.29, 1.82) is 0 Å². The standard InChI is InChI=1S/C37H52O8/c1-3-4-5-6-7-8-9-10-11-12-13-14-15-16-17-18-21-43-30(38)23-28-32(29-24-31(39)44-35(29)40)26-20-19-25(2)22-27(26)33-34(28)37(42)45-36(33)41/h19-20,22,28-29,32-34H,3-18,21,23-24H2,1-2H3. The summed E-state index contributed by atoms with van der Waals surface area (Å²) in [5, 5.41) is 0. The number of hydrogen-bond donors (Lipinski definition) is 0. The third kappa shape index (κ3) is 9.49. The average molecular weight is 625 g/mol. The van der Waals surface area contributed by atoms with E-state index in [1.807, 2.05) is 25.1 Å². The molecule has 2 aliphatic heterocycles. The molecule has 45 heavy (non-hydrogen) atoms. The van der Waals surface area contributed by atoms with Crippen molar-refractivity contribution >= 4 is 29.8 Å². The lowest BCUT2D eigenvalue weighted by Gasteiger charge is -2.40. The molecule has 0 amide bonds. The molecule has 5 unspecified atom stereocenters. The Labute approximate surface area is 268 Å². The van der Waals surface area contributed by atoms with Gasteiger partial charge in [0.25, 0.3) is 0 Å². The zero-order chi connectivity index (χ0) is 32.2. The summed E-state index contributed by atoms with van der Waals surface area (Å²) in [6.45, 7) is 4.42. The van der Waals surface area contributed by atoms with Gasteiger partial charge < -0.3 is 14.2 Å². The van der Waals surface area contributed by atoms with Crippen LogP contribution in [0.5, 0.6) is 0 Å². The number of carbonyl (C=O) groups excluding carboxylic acids is 5. The summed E-state index contributed by atoms with van der Waals surface area (Å²) in [5.41, 5.74) is 2.19. The van der Waals surface area contributed by atoms with Gasteiger partial charge in [-0.05, 0) is 30.4 Å². The van der Waals surface area contributed by atoms with E-state index in [2.05, 4.69) is 6.92 Å². The lowest BCUT2D eigenvalue weighted by atomic mass is 9.59. The Morgan fingerprint density at radius 2 is 1.29 bits per heavy atom. The highest BCUT2D eigenvalue weighted by molar-refractivity contribution is 6.01. The normalized spacial score (nSPS) is 23.9. The maximum atomic E-state index is 13.1. The second-order valence-electron chi connectivity index (χ2n) is 13.4. The van der Waals surface area contributed by atoms with Crippen molar-refractivity contribution in [2.75, 3.05) is 6.61 Å². The molecule has 4 rings (SSSR count). The molecule has 0 spiro atoms. The van der Waals surface area contributed by atoms with Gasteiger partial charge in [-0.2, -0.15) is 0 Å². The Morgan fingerprint density at radius 3 is 1.84 bits per heavy atom. The number of aryl methyl sites for hydroxylation is 1. The van der Waals surface area contributed by atoms with E-state index in [9.17, 15) is 24.0 Å². The van der Waals surface area contributed by atoms with Gasteiger partial charge in [-0.15, -0.1) is 0 Å². The van der Waals surface area contributed by atoms with Gasteiger partial charge in [0.1, 0.15) is 0 Å². The summed E-state index contributed by atoms with van der Waals surface area (Å²) in [6.07, 6.45) is 19.9. The number of hydrogen-bond acceptors (Lipinski definition) is 8. The minimum Gasteiger partial charge on any atom is -0.466 e. The van der Waals surface area contributed by atoms with Crippen LogP contribution in [-0.4, -0.2) is 36.5 Å². The van der Waals surface area contributed by atoms with Crippen molar-refractivity contribution in [3.8, 4) is 0 Å². The largest absolute Gasteiger partial charge is 0.466 e.